The van der Waals surface area contributed by atoms with Gasteiger partial charge in [0.25, 0.3) is 0 Å². The summed E-state index contributed by atoms with van der Waals surface area (Å²) < 4.78 is 0. The van der Waals surface area contributed by atoms with E-state index >= 15 is 0 Å². The smallest absolute Gasteiger partial charge is 0.179 e. The molecule has 2 aliphatic rings. The maximum atomic E-state index is 12.5. The topological polar surface area (TPSA) is 36.1 Å². The maximum Gasteiger partial charge on any atom is 0.179 e. The molecule has 3 heteroatoms. The van der Waals surface area contributed by atoms with Crippen molar-refractivity contribution in [2.45, 2.75) is 25.3 Å². The summed E-state index contributed by atoms with van der Waals surface area (Å²) in [5.74, 6) is 0.863. The van der Waals surface area contributed by atoms with Crippen LogP contribution in [0.1, 0.15) is 41.4 Å². The van der Waals surface area contributed by atoms with E-state index in [0.29, 0.717) is 24.2 Å². The number of para-hydroxylation sites is 1. The predicted octanol–water partition coefficient (Wildman–Crippen LogP) is 3.14. The van der Waals surface area contributed by atoms with Crippen molar-refractivity contribution in [1.29, 1.82) is 0 Å². The molecule has 2 heterocycles. The van der Waals surface area contributed by atoms with E-state index < -0.39 is 0 Å². The van der Waals surface area contributed by atoms with E-state index in [0.717, 1.165) is 30.6 Å². The minimum absolute atomic E-state index is 0.300. The van der Waals surface area contributed by atoms with Gasteiger partial charge in [0.2, 0.25) is 0 Å². The fourth-order valence-corrected chi connectivity index (χ4v) is 3.77. The number of nitrogens with one attached hydrogen (secondary N) is 1. The molecule has 1 aliphatic heterocycles. The van der Waals surface area contributed by atoms with E-state index in [-0.39, 0.29) is 0 Å². The second-order valence-corrected chi connectivity index (χ2v) is 5.97. The van der Waals surface area contributed by atoms with Gasteiger partial charge in [0.05, 0.1) is 5.69 Å². The Hall–Kier alpha value is -1.61. The van der Waals surface area contributed by atoms with Gasteiger partial charge in [-0.3, -0.25) is 9.69 Å². The van der Waals surface area contributed by atoms with Gasteiger partial charge in [-0.1, -0.05) is 18.2 Å². The number of piperidine rings is 1. The van der Waals surface area contributed by atoms with Crippen LogP contribution in [-0.4, -0.2) is 29.3 Å². The number of benzene rings is 1. The number of rotatable bonds is 0. The van der Waals surface area contributed by atoms with E-state index in [1.54, 1.807) is 0 Å². The minimum Gasteiger partial charge on any atom is -0.352 e. The molecule has 0 amide bonds. The zero-order valence-electron chi connectivity index (χ0n) is 11.1. The van der Waals surface area contributed by atoms with Gasteiger partial charge in [-0.2, -0.15) is 0 Å². The fourth-order valence-electron chi connectivity index (χ4n) is 3.77. The molecular weight excluding hydrogens is 236 g/mol. The molecule has 1 fully saturated rings. The summed E-state index contributed by atoms with van der Waals surface area (Å²) >= 11 is 0. The molecule has 1 aromatic carbocycles. The SMILES string of the molecule is CN1CCC2CC(=O)c3[nH]c4ccccc4c3C1C2. The highest BCUT2D eigenvalue weighted by Gasteiger charge is 2.36. The highest BCUT2D eigenvalue weighted by atomic mass is 16.1. The Bertz CT molecular complexity index is 658. The van der Waals surface area contributed by atoms with E-state index in [4.69, 9.17) is 0 Å². The third-order valence-electron chi connectivity index (χ3n) is 4.81. The average molecular weight is 254 g/mol. The van der Waals surface area contributed by atoms with E-state index in [1.165, 1.54) is 10.9 Å². The first kappa shape index (κ1) is 11.2. The molecular formula is C16H18N2O. The summed E-state index contributed by atoms with van der Waals surface area (Å²) in [6, 6.07) is 8.69. The molecule has 98 valence electrons. The molecule has 0 saturated carbocycles. The van der Waals surface area contributed by atoms with Crippen molar-refractivity contribution in [3.63, 3.8) is 0 Å². The number of H-pyrrole nitrogens is 1. The Morgan fingerprint density at radius 1 is 1.32 bits per heavy atom. The van der Waals surface area contributed by atoms with Crippen molar-refractivity contribution >= 4 is 16.7 Å². The number of nitrogens with zero attached hydrogens (tertiary/aromatic N) is 1. The van der Waals surface area contributed by atoms with Crippen LogP contribution in [0.2, 0.25) is 0 Å². The van der Waals surface area contributed by atoms with Crippen LogP contribution in [0.15, 0.2) is 24.3 Å². The number of hydrogen-bond acceptors (Lipinski definition) is 2. The molecule has 3 nitrogen and oxygen atoms in total. The molecule has 2 aromatic rings. The van der Waals surface area contributed by atoms with E-state index in [1.807, 2.05) is 6.07 Å². The zero-order valence-corrected chi connectivity index (χ0v) is 11.1. The van der Waals surface area contributed by atoms with Gasteiger partial charge in [-0.05, 0) is 38.4 Å². The maximum absolute atomic E-state index is 12.5. The Balaban J connectivity index is 1.99. The monoisotopic (exact) mass is 254 g/mol. The summed E-state index contributed by atoms with van der Waals surface area (Å²) in [4.78, 5) is 18.2. The van der Waals surface area contributed by atoms with Crippen LogP contribution in [0.3, 0.4) is 0 Å². The molecule has 1 saturated heterocycles. The molecule has 2 unspecified atom stereocenters. The van der Waals surface area contributed by atoms with Crippen LogP contribution in [-0.2, 0) is 0 Å². The molecule has 1 aromatic heterocycles. The molecule has 0 spiro atoms. The molecule has 2 bridgehead atoms. The van der Waals surface area contributed by atoms with Crippen LogP contribution in [0.5, 0.6) is 0 Å². The fraction of sp³-hybridized carbons (Fsp3) is 0.438. The third-order valence-corrected chi connectivity index (χ3v) is 4.81. The second kappa shape index (κ2) is 3.94. The number of carbonyl (C=O) groups is 1. The Labute approximate surface area is 112 Å². The standard InChI is InChI=1S/C16H18N2O/c1-18-7-6-10-8-13(18)15-11-4-2-3-5-12(11)17-16(15)14(19)9-10/h2-5,10,13,17H,6-9H2,1H3. The van der Waals surface area contributed by atoms with Gasteiger partial charge in [-0.15, -0.1) is 0 Å². The number of Topliss-reactive ketones (excluding diaryl/α,β-unsaturated/α-hetero) is 1. The lowest BCUT2D eigenvalue weighted by Gasteiger charge is -2.35. The van der Waals surface area contributed by atoms with Gasteiger partial charge in [0.15, 0.2) is 5.78 Å². The first-order chi connectivity index (χ1) is 9.24. The summed E-state index contributed by atoms with van der Waals surface area (Å²) in [6.45, 7) is 1.10. The van der Waals surface area contributed by atoms with Crippen LogP contribution in [0, 0.1) is 5.92 Å². The number of carbonyl (C=O) groups excluding carboxylic acids is 1. The van der Waals surface area contributed by atoms with Gasteiger partial charge in [0.1, 0.15) is 0 Å². The van der Waals surface area contributed by atoms with Crippen LogP contribution in [0.25, 0.3) is 10.9 Å². The van der Waals surface area contributed by atoms with Crippen molar-refractivity contribution in [3.05, 3.63) is 35.5 Å². The Morgan fingerprint density at radius 3 is 3.05 bits per heavy atom. The molecule has 1 aliphatic carbocycles. The number of aromatic nitrogens is 1. The third kappa shape index (κ3) is 1.58. The van der Waals surface area contributed by atoms with Crippen molar-refractivity contribution in [2.75, 3.05) is 13.6 Å². The minimum atomic E-state index is 0.300. The summed E-state index contributed by atoms with van der Waals surface area (Å²) in [5, 5.41) is 1.23. The highest BCUT2D eigenvalue weighted by molar-refractivity contribution is 6.03. The number of fused-ring (bicyclic) bond motifs is 6. The van der Waals surface area contributed by atoms with E-state index in [9.17, 15) is 4.79 Å². The number of ketones is 1. The largest absolute Gasteiger partial charge is 0.352 e. The Kier molecular flexibility index (Phi) is 2.33. The van der Waals surface area contributed by atoms with Crippen molar-refractivity contribution in [2.24, 2.45) is 5.92 Å². The predicted molar refractivity (Wildman–Crippen MR) is 75.3 cm³/mol. The van der Waals surface area contributed by atoms with E-state index in [2.05, 4.69) is 35.1 Å². The van der Waals surface area contributed by atoms with Gasteiger partial charge in [-0.25, -0.2) is 0 Å². The lowest BCUT2D eigenvalue weighted by molar-refractivity contribution is 0.0927. The number of likely N-dealkylation sites (tertiary alicyclic amines) is 1. The van der Waals surface area contributed by atoms with Gasteiger partial charge < -0.3 is 4.98 Å². The number of aromatic amines is 1. The molecule has 19 heavy (non-hydrogen) atoms. The van der Waals surface area contributed by atoms with Crippen molar-refractivity contribution in [3.8, 4) is 0 Å². The highest BCUT2D eigenvalue weighted by Crippen LogP contribution is 2.43. The van der Waals surface area contributed by atoms with Gasteiger partial charge >= 0.3 is 0 Å². The van der Waals surface area contributed by atoms with Gasteiger partial charge in [0, 0.05) is 28.9 Å². The lowest BCUT2D eigenvalue weighted by Crippen LogP contribution is -2.33. The van der Waals surface area contributed by atoms with Crippen LogP contribution >= 0.6 is 0 Å². The summed E-state index contributed by atoms with van der Waals surface area (Å²) in [7, 11) is 2.18. The normalized spacial score (nSPS) is 27.3. The molecule has 4 rings (SSSR count). The second-order valence-electron chi connectivity index (χ2n) is 5.97. The number of hydrogen-bond donors (Lipinski definition) is 1. The summed E-state index contributed by atoms with van der Waals surface area (Å²) in [6.07, 6.45) is 2.99. The lowest BCUT2D eigenvalue weighted by atomic mass is 9.88. The molecule has 2 atom stereocenters. The average Bonchev–Trinajstić information content (AvgIpc) is 2.75. The molecule has 1 N–H and O–H groups in total. The summed E-state index contributed by atoms with van der Waals surface area (Å²) in [5.41, 5.74) is 3.20. The zero-order chi connectivity index (χ0) is 13.0. The quantitative estimate of drug-likeness (QED) is 0.784. The van der Waals surface area contributed by atoms with Crippen LogP contribution < -0.4 is 0 Å². The van der Waals surface area contributed by atoms with Crippen molar-refractivity contribution in [1.82, 2.24) is 9.88 Å². The van der Waals surface area contributed by atoms with Crippen molar-refractivity contribution < 1.29 is 4.79 Å². The molecule has 0 radical (unpaired) electrons. The first-order valence-corrected chi connectivity index (χ1v) is 7.08. The Morgan fingerprint density at radius 2 is 2.16 bits per heavy atom. The van der Waals surface area contributed by atoms with Crippen LogP contribution in [0.4, 0.5) is 0 Å². The first-order valence-electron chi connectivity index (χ1n) is 7.08.